The van der Waals surface area contributed by atoms with Crippen molar-refractivity contribution >= 4 is 22.9 Å². The van der Waals surface area contributed by atoms with E-state index in [-0.39, 0.29) is 0 Å². The lowest BCUT2D eigenvalue weighted by atomic mass is 10.2. The minimum absolute atomic E-state index is 0.393. The van der Waals surface area contributed by atoms with Gasteiger partial charge in [0, 0.05) is 17.1 Å². The molecule has 0 aliphatic carbocycles. The van der Waals surface area contributed by atoms with Crippen LogP contribution in [0.4, 0.5) is 0 Å². The smallest absolute Gasteiger partial charge is 0.166 e. The number of methoxy groups -OCH3 is 1. The van der Waals surface area contributed by atoms with E-state index < -0.39 is 0 Å². The van der Waals surface area contributed by atoms with Crippen LogP contribution in [0.15, 0.2) is 29.8 Å². The Hall–Kier alpha value is -1.26. The zero-order valence-electron chi connectivity index (χ0n) is 9.35. The van der Waals surface area contributed by atoms with Gasteiger partial charge in [-0.15, -0.1) is 22.9 Å². The van der Waals surface area contributed by atoms with Gasteiger partial charge in [-0.1, -0.05) is 12.1 Å². The van der Waals surface area contributed by atoms with Gasteiger partial charge in [0.05, 0.1) is 13.0 Å². The van der Waals surface area contributed by atoms with Crippen molar-refractivity contribution in [2.75, 3.05) is 7.11 Å². The molecule has 1 heterocycles. The molecular weight excluding hydrogens is 258 g/mol. The summed E-state index contributed by atoms with van der Waals surface area (Å²) >= 11 is 7.43. The lowest BCUT2D eigenvalue weighted by Crippen LogP contribution is -1.99. The first kappa shape index (κ1) is 12.2. The number of hydrogen-bond acceptors (Lipinski definition) is 4. The van der Waals surface area contributed by atoms with Crippen LogP contribution in [0.2, 0.25) is 0 Å². The summed E-state index contributed by atoms with van der Waals surface area (Å²) < 4.78 is 11.0. The normalized spacial score (nSPS) is 10.2. The van der Waals surface area contributed by atoms with Crippen LogP contribution >= 0.6 is 22.9 Å². The second-order valence-corrected chi connectivity index (χ2v) is 4.54. The Labute approximate surface area is 109 Å². The van der Waals surface area contributed by atoms with Gasteiger partial charge in [0.15, 0.2) is 11.5 Å². The van der Waals surface area contributed by atoms with E-state index in [4.69, 9.17) is 21.1 Å². The van der Waals surface area contributed by atoms with Gasteiger partial charge in [0.2, 0.25) is 0 Å². The van der Waals surface area contributed by atoms with E-state index in [0.717, 1.165) is 10.6 Å². The molecule has 0 fully saturated rings. The molecule has 3 nitrogen and oxygen atoms in total. The summed E-state index contributed by atoms with van der Waals surface area (Å²) in [5.41, 5.74) is 0.919. The van der Waals surface area contributed by atoms with Gasteiger partial charge in [-0.25, -0.2) is 4.98 Å². The van der Waals surface area contributed by atoms with E-state index in [2.05, 4.69) is 4.98 Å². The van der Waals surface area contributed by atoms with Crippen molar-refractivity contribution < 1.29 is 9.47 Å². The highest BCUT2D eigenvalue weighted by Gasteiger charge is 2.10. The highest BCUT2D eigenvalue weighted by molar-refractivity contribution is 7.09. The monoisotopic (exact) mass is 269 g/mol. The molecule has 2 aromatic rings. The van der Waals surface area contributed by atoms with E-state index >= 15 is 0 Å². The van der Waals surface area contributed by atoms with E-state index in [9.17, 15) is 0 Å². The quantitative estimate of drug-likeness (QED) is 0.779. The van der Waals surface area contributed by atoms with Gasteiger partial charge in [-0.3, -0.25) is 0 Å². The molecule has 0 saturated carbocycles. The predicted octanol–water partition coefficient (Wildman–Crippen LogP) is 3.47. The van der Waals surface area contributed by atoms with Gasteiger partial charge >= 0.3 is 0 Å². The highest BCUT2D eigenvalue weighted by Crippen LogP contribution is 2.32. The van der Waals surface area contributed by atoms with Crippen LogP contribution in [-0.2, 0) is 12.5 Å². The largest absolute Gasteiger partial charge is 0.493 e. The fourth-order valence-corrected chi connectivity index (χ4v) is 2.19. The maximum absolute atomic E-state index is 5.87. The van der Waals surface area contributed by atoms with Crippen molar-refractivity contribution in [3.8, 4) is 11.5 Å². The van der Waals surface area contributed by atoms with E-state index in [1.165, 1.54) is 0 Å². The molecule has 0 spiro atoms. The topological polar surface area (TPSA) is 31.4 Å². The SMILES string of the molecule is COc1cccc(CCl)c1OCc1nccs1. The van der Waals surface area contributed by atoms with Crippen molar-refractivity contribution in [1.82, 2.24) is 4.98 Å². The van der Waals surface area contributed by atoms with E-state index in [0.29, 0.717) is 24.0 Å². The molecule has 0 unspecified atom stereocenters. The molecule has 0 atom stereocenters. The van der Waals surface area contributed by atoms with Gasteiger partial charge in [-0.2, -0.15) is 0 Å². The van der Waals surface area contributed by atoms with Crippen molar-refractivity contribution in [2.45, 2.75) is 12.5 Å². The summed E-state index contributed by atoms with van der Waals surface area (Å²) in [6.45, 7) is 0.432. The van der Waals surface area contributed by atoms with Gasteiger partial charge < -0.3 is 9.47 Å². The Morgan fingerprint density at radius 3 is 2.94 bits per heavy atom. The summed E-state index contributed by atoms with van der Waals surface area (Å²) in [6.07, 6.45) is 1.76. The molecule has 0 radical (unpaired) electrons. The molecule has 5 heteroatoms. The first-order valence-corrected chi connectivity index (χ1v) is 6.49. The van der Waals surface area contributed by atoms with Gasteiger partial charge in [0.25, 0.3) is 0 Å². The third-order valence-corrected chi connectivity index (χ3v) is 3.29. The maximum Gasteiger partial charge on any atom is 0.166 e. The van der Waals surface area contributed by atoms with E-state index in [1.54, 1.807) is 24.6 Å². The Bertz CT molecular complexity index is 451. The number of halogens is 1. The zero-order chi connectivity index (χ0) is 12.1. The third kappa shape index (κ3) is 2.90. The third-order valence-electron chi connectivity index (χ3n) is 2.25. The van der Waals surface area contributed by atoms with Crippen molar-refractivity contribution in [3.05, 3.63) is 40.3 Å². The Morgan fingerprint density at radius 1 is 1.41 bits per heavy atom. The number of nitrogens with zero attached hydrogens (tertiary/aromatic N) is 1. The molecule has 90 valence electrons. The minimum Gasteiger partial charge on any atom is -0.493 e. The summed E-state index contributed by atoms with van der Waals surface area (Å²) in [7, 11) is 1.61. The molecule has 0 aliphatic heterocycles. The fourth-order valence-electron chi connectivity index (χ4n) is 1.45. The average Bonchev–Trinajstić information content (AvgIpc) is 2.88. The summed E-state index contributed by atoms with van der Waals surface area (Å²) in [4.78, 5) is 4.16. The Morgan fingerprint density at radius 2 is 2.29 bits per heavy atom. The van der Waals surface area contributed by atoms with Gasteiger partial charge in [-0.05, 0) is 6.07 Å². The van der Waals surface area contributed by atoms with Crippen LogP contribution in [-0.4, -0.2) is 12.1 Å². The maximum atomic E-state index is 5.87. The summed E-state index contributed by atoms with van der Waals surface area (Å²) in [5, 5.41) is 2.85. The second-order valence-electron chi connectivity index (χ2n) is 3.30. The molecule has 17 heavy (non-hydrogen) atoms. The first-order chi connectivity index (χ1) is 8.35. The number of rotatable bonds is 5. The number of ether oxygens (including phenoxy) is 2. The standard InChI is InChI=1S/C12H12ClNO2S/c1-15-10-4-2-3-9(7-13)12(10)16-8-11-14-5-6-17-11/h2-6H,7-8H2,1H3. The molecule has 1 aromatic carbocycles. The van der Waals surface area contributed by atoms with Gasteiger partial charge in [0.1, 0.15) is 11.6 Å². The number of alkyl halides is 1. The molecular formula is C12H12ClNO2S. The first-order valence-electron chi connectivity index (χ1n) is 5.08. The molecule has 0 saturated heterocycles. The van der Waals surface area contributed by atoms with Crippen LogP contribution < -0.4 is 9.47 Å². The minimum atomic E-state index is 0.393. The van der Waals surface area contributed by atoms with Crippen LogP contribution in [0.3, 0.4) is 0 Å². The van der Waals surface area contributed by atoms with Crippen molar-refractivity contribution in [1.29, 1.82) is 0 Å². The second kappa shape index (κ2) is 5.89. The number of thiazole rings is 1. The van der Waals surface area contributed by atoms with E-state index in [1.807, 2.05) is 23.6 Å². The van der Waals surface area contributed by atoms with Crippen molar-refractivity contribution in [2.24, 2.45) is 0 Å². The summed E-state index contributed by atoms with van der Waals surface area (Å²) in [6, 6.07) is 5.67. The average molecular weight is 270 g/mol. The van der Waals surface area contributed by atoms with Crippen LogP contribution in [0, 0.1) is 0 Å². The molecule has 0 amide bonds. The van der Waals surface area contributed by atoms with Crippen LogP contribution in [0.5, 0.6) is 11.5 Å². The van der Waals surface area contributed by atoms with Crippen LogP contribution in [0.25, 0.3) is 0 Å². The zero-order valence-corrected chi connectivity index (χ0v) is 10.9. The number of hydrogen-bond donors (Lipinski definition) is 0. The lowest BCUT2D eigenvalue weighted by Gasteiger charge is -2.12. The Balaban J connectivity index is 2.18. The molecule has 0 bridgehead atoms. The molecule has 0 N–H and O–H groups in total. The lowest BCUT2D eigenvalue weighted by molar-refractivity contribution is 0.282. The number of aromatic nitrogens is 1. The molecule has 2 rings (SSSR count). The van der Waals surface area contributed by atoms with Crippen LogP contribution in [0.1, 0.15) is 10.6 Å². The van der Waals surface area contributed by atoms with Crippen molar-refractivity contribution in [3.63, 3.8) is 0 Å². The predicted molar refractivity (Wildman–Crippen MR) is 69.0 cm³/mol. The number of para-hydroxylation sites is 1. The Kier molecular flexibility index (Phi) is 4.23. The number of benzene rings is 1. The fraction of sp³-hybridized carbons (Fsp3) is 0.250. The molecule has 0 aliphatic rings. The summed E-state index contributed by atoms with van der Waals surface area (Å²) in [5.74, 6) is 1.78. The molecule has 1 aromatic heterocycles. The highest BCUT2D eigenvalue weighted by atomic mass is 35.5.